The van der Waals surface area contributed by atoms with E-state index in [0.717, 1.165) is 0 Å². The van der Waals surface area contributed by atoms with E-state index < -0.39 is 6.03 Å². The Morgan fingerprint density at radius 1 is 1.03 bits per heavy atom. The largest absolute Gasteiger partial charge is 0.495 e. The molecule has 0 aliphatic carbocycles. The molecule has 0 saturated heterocycles. The molecule has 0 fully saturated rings. The van der Waals surface area contributed by atoms with Gasteiger partial charge in [0.05, 0.1) is 18.5 Å². The Kier molecular flexibility index (Phi) is 8.22. The molecule has 0 aliphatic rings. The summed E-state index contributed by atoms with van der Waals surface area (Å²) in [5.74, 6) is 0.0180. The summed E-state index contributed by atoms with van der Waals surface area (Å²) >= 11 is 7.17. The van der Waals surface area contributed by atoms with Gasteiger partial charge in [-0.1, -0.05) is 17.7 Å². The van der Waals surface area contributed by atoms with Crippen molar-refractivity contribution in [2.75, 3.05) is 28.4 Å². The van der Waals surface area contributed by atoms with Crippen molar-refractivity contribution >= 4 is 63.0 Å². The zero-order valence-electron chi connectivity index (χ0n) is 17.9. The Bertz CT molecular complexity index is 1170. The molecule has 0 saturated carbocycles. The van der Waals surface area contributed by atoms with E-state index in [1.165, 1.54) is 25.4 Å². The van der Waals surface area contributed by atoms with Crippen molar-refractivity contribution in [3.05, 3.63) is 58.6 Å². The number of aryl methyl sites for hydroxylation is 1. The molecular formula is C22H22ClN5O4S. The maximum absolute atomic E-state index is 12.4. The van der Waals surface area contributed by atoms with E-state index in [2.05, 4.69) is 26.3 Å². The summed E-state index contributed by atoms with van der Waals surface area (Å²) in [6, 6.07) is 11.3. The number of halogens is 1. The van der Waals surface area contributed by atoms with E-state index in [1.54, 1.807) is 47.8 Å². The molecule has 0 aliphatic heterocycles. The van der Waals surface area contributed by atoms with Crippen LogP contribution in [0.4, 0.5) is 27.0 Å². The molecule has 0 bridgehead atoms. The summed E-state index contributed by atoms with van der Waals surface area (Å²) in [5.41, 5.74) is 2.23. The van der Waals surface area contributed by atoms with E-state index >= 15 is 0 Å². The highest BCUT2D eigenvalue weighted by atomic mass is 35.5. The van der Waals surface area contributed by atoms with Crippen LogP contribution in [0.25, 0.3) is 0 Å². The molecular weight excluding hydrogens is 466 g/mol. The van der Waals surface area contributed by atoms with Gasteiger partial charge >= 0.3 is 6.03 Å². The van der Waals surface area contributed by atoms with Crippen LogP contribution in [-0.2, 0) is 16.0 Å². The summed E-state index contributed by atoms with van der Waals surface area (Å²) in [7, 11) is 1.50. The zero-order chi connectivity index (χ0) is 23.8. The maximum atomic E-state index is 12.4. The molecule has 0 radical (unpaired) electrons. The Morgan fingerprint density at radius 2 is 1.82 bits per heavy atom. The number of carbonyl (C=O) groups excluding carboxylic acids is 3. The second-order valence-electron chi connectivity index (χ2n) is 6.88. The van der Waals surface area contributed by atoms with Gasteiger partial charge in [0.2, 0.25) is 11.8 Å². The fraction of sp³-hybridized carbons (Fsp3) is 0.182. The van der Waals surface area contributed by atoms with Crippen LogP contribution in [0.15, 0.2) is 47.8 Å². The van der Waals surface area contributed by atoms with Gasteiger partial charge in [0.25, 0.3) is 0 Å². The second kappa shape index (κ2) is 11.3. The smallest absolute Gasteiger partial charge is 0.325 e. The van der Waals surface area contributed by atoms with Gasteiger partial charge in [0.1, 0.15) is 5.75 Å². The summed E-state index contributed by atoms with van der Waals surface area (Å²) in [6.07, 6.45) is 0.555. The van der Waals surface area contributed by atoms with Crippen LogP contribution in [0.3, 0.4) is 0 Å². The Morgan fingerprint density at radius 3 is 2.55 bits per heavy atom. The summed E-state index contributed by atoms with van der Waals surface area (Å²) < 4.78 is 5.27. The van der Waals surface area contributed by atoms with Gasteiger partial charge in [0.15, 0.2) is 5.13 Å². The Balaban J connectivity index is 1.52. The first-order valence-corrected chi connectivity index (χ1v) is 11.1. The van der Waals surface area contributed by atoms with Gasteiger partial charge in [-0.05, 0) is 42.8 Å². The maximum Gasteiger partial charge on any atom is 0.325 e. The third-order valence-electron chi connectivity index (χ3n) is 4.26. The number of hydrogen-bond donors (Lipinski definition) is 4. The first-order chi connectivity index (χ1) is 15.8. The van der Waals surface area contributed by atoms with Crippen molar-refractivity contribution in [2.45, 2.75) is 19.8 Å². The number of ether oxygens (including phenoxy) is 1. The van der Waals surface area contributed by atoms with Crippen molar-refractivity contribution in [2.24, 2.45) is 0 Å². The third kappa shape index (κ3) is 7.48. The Hall–Kier alpha value is -3.63. The fourth-order valence-corrected chi connectivity index (χ4v) is 3.78. The van der Waals surface area contributed by atoms with Crippen molar-refractivity contribution in [1.29, 1.82) is 0 Å². The molecule has 172 valence electrons. The van der Waals surface area contributed by atoms with Crippen LogP contribution in [0.1, 0.15) is 19.0 Å². The van der Waals surface area contributed by atoms with Crippen LogP contribution in [0, 0.1) is 0 Å². The highest BCUT2D eigenvalue weighted by Crippen LogP contribution is 2.28. The van der Waals surface area contributed by atoms with Gasteiger partial charge in [-0.2, -0.15) is 0 Å². The number of nitrogens with zero attached hydrogens (tertiary/aromatic N) is 1. The van der Waals surface area contributed by atoms with E-state index in [9.17, 15) is 14.4 Å². The molecule has 1 aromatic heterocycles. The van der Waals surface area contributed by atoms with Gasteiger partial charge in [-0.3, -0.25) is 14.9 Å². The van der Waals surface area contributed by atoms with Gasteiger partial charge in [0, 0.05) is 35.1 Å². The lowest BCUT2D eigenvalue weighted by Gasteiger charge is -2.12. The van der Waals surface area contributed by atoms with Crippen LogP contribution in [-0.4, -0.2) is 29.9 Å². The number of urea groups is 1. The molecule has 3 aromatic rings. The monoisotopic (exact) mass is 487 g/mol. The molecule has 0 spiro atoms. The molecule has 9 nitrogen and oxygen atoms in total. The first kappa shape index (κ1) is 24.0. The van der Waals surface area contributed by atoms with Crippen molar-refractivity contribution in [3.63, 3.8) is 0 Å². The normalized spacial score (nSPS) is 10.3. The molecule has 11 heteroatoms. The number of benzene rings is 2. The number of nitrogens with one attached hydrogen (secondary N) is 4. The number of thiazole rings is 1. The number of carbonyl (C=O) groups is 3. The number of hydrogen-bond acceptors (Lipinski definition) is 6. The van der Waals surface area contributed by atoms with Crippen LogP contribution in [0.2, 0.25) is 5.02 Å². The molecule has 33 heavy (non-hydrogen) atoms. The molecule has 1 heterocycles. The number of anilines is 4. The molecule has 2 aromatic carbocycles. The number of aromatic nitrogens is 1. The zero-order valence-corrected chi connectivity index (χ0v) is 19.5. The first-order valence-electron chi connectivity index (χ1n) is 9.86. The predicted octanol–water partition coefficient (Wildman–Crippen LogP) is 4.98. The summed E-state index contributed by atoms with van der Waals surface area (Å²) in [5, 5.41) is 13.5. The van der Waals surface area contributed by atoms with E-state index in [0.29, 0.717) is 45.1 Å². The summed E-state index contributed by atoms with van der Waals surface area (Å²) in [6.45, 7) is 1.40. The predicted molar refractivity (Wildman–Crippen MR) is 130 cm³/mol. The molecule has 3 rings (SSSR count). The quantitative estimate of drug-likeness (QED) is 0.357. The van der Waals surface area contributed by atoms with Crippen LogP contribution >= 0.6 is 22.9 Å². The minimum Gasteiger partial charge on any atom is -0.495 e. The van der Waals surface area contributed by atoms with E-state index in [-0.39, 0.29) is 18.2 Å². The second-order valence-corrected chi connectivity index (χ2v) is 8.17. The van der Waals surface area contributed by atoms with Crippen LogP contribution in [0.5, 0.6) is 5.75 Å². The number of rotatable bonds is 8. The fourth-order valence-electron chi connectivity index (χ4n) is 2.85. The minimum absolute atomic E-state index is 0.172. The van der Waals surface area contributed by atoms with Crippen molar-refractivity contribution in [3.8, 4) is 5.75 Å². The lowest BCUT2D eigenvalue weighted by Crippen LogP contribution is -2.19. The third-order valence-corrected chi connectivity index (χ3v) is 5.30. The Labute approximate surface area is 199 Å². The van der Waals surface area contributed by atoms with Crippen molar-refractivity contribution < 1.29 is 19.1 Å². The van der Waals surface area contributed by atoms with Gasteiger partial charge in [-0.25, -0.2) is 9.78 Å². The highest BCUT2D eigenvalue weighted by molar-refractivity contribution is 7.13. The average molecular weight is 488 g/mol. The number of amides is 4. The minimum atomic E-state index is -0.443. The van der Waals surface area contributed by atoms with Crippen LogP contribution < -0.4 is 26.0 Å². The van der Waals surface area contributed by atoms with Crippen molar-refractivity contribution in [1.82, 2.24) is 4.98 Å². The van der Waals surface area contributed by atoms with E-state index in [1.807, 2.05) is 0 Å². The SMILES string of the molecule is COc1ccc(NC(C)=O)cc1NC(=O)CCc1csc(NC(=O)Nc2cccc(Cl)c2)n1. The number of methoxy groups -OCH3 is 1. The van der Waals surface area contributed by atoms with Gasteiger partial charge in [-0.15, -0.1) is 11.3 Å². The standard InChI is InChI=1S/C22H22ClN5O4S/c1-13(29)24-16-6-8-19(32-2)18(11-16)27-20(30)9-7-17-12-33-22(26-17)28-21(31)25-15-5-3-4-14(23)10-15/h3-6,8,10-12H,7,9H2,1-2H3,(H,24,29)(H,27,30)(H2,25,26,28,31). The highest BCUT2D eigenvalue weighted by Gasteiger charge is 2.12. The molecule has 4 N–H and O–H groups in total. The average Bonchev–Trinajstić information content (AvgIpc) is 3.19. The summed E-state index contributed by atoms with van der Waals surface area (Å²) in [4.78, 5) is 40.2. The topological polar surface area (TPSA) is 121 Å². The lowest BCUT2D eigenvalue weighted by atomic mass is 10.2. The van der Waals surface area contributed by atoms with Gasteiger partial charge < -0.3 is 20.7 Å². The molecule has 0 unspecified atom stereocenters. The van der Waals surface area contributed by atoms with E-state index in [4.69, 9.17) is 16.3 Å². The lowest BCUT2D eigenvalue weighted by molar-refractivity contribution is -0.116. The molecule has 0 atom stereocenters. The molecule has 4 amide bonds.